The zero-order valence-electron chi connectivity index (χ0n) is 13.7. The molecule has 2 saturated heterocycles. The third-order valence-electron chi connectivity index (χ3n) is 5.40. The van der Waals surface area contributed by atoms with Crippen molar-refractivity contribution in [3.63, 3.8) is 0 Å². The molecule has 24 heavy (non-hydrogen) atoms. The van der Waals surface area contributed by atoms with E-state index in [-0.39, 0.29) is 18.3 Å². The molecule has 0 bridgehead atoms. The highest BCUT2D eigenvalue weighted by Gasteiger charge is 2.33. The largest absolute Gasteiger partial charge is 0.451 e. The molecule has 2 fully saturated rings. The summed E-state index contributed by atoms with van der Waals surface area (Å²) in [6.07, 6.45) is 2.16. The average molecular weight is 369 g/mol. The van der Waals surface area contributed by atoms with Crippen LogP contribution in [-0.4, -0.2) is 37.0 Å². The van der Waals surface area contributed by atoms with Crippen molar-refractivity contribution in [3.8, 4) is 0 Å². The molecule has 130 valence electrons. The average Bonchev–Trinajstić information content (AvgIpc) is 3.06. The highest BCUT2D eigenvalue weighted by molar-refractivity contribution is 6.31. The molecule has 2 aliphatic heterocycles. The molecular formula is C18H22Cl2N2O2. The minimum atomic E-state index is 0. The highest BCUT2D eigenvalue weighted by atomic mass is 35.5. The van der Waals surface area contributed by atoms with Gasteiger partial charge in [0.1, 0.15) is 5.58 Å². The third kappa shape index (κ3) is 3.03. The molecule has 0 spiro atoms. The molecule has 4 rings (SSSR count). The maximum Gasteiger partial charge on any atom is 0.289 e. The van der Waals surface area contributed by atoms with Gasteiger partial charge in [0.25, 0.3) is 5.91 Å². The van der Waals surface area contributed by atoms with Crippen LogP contribution in [0.15, 0.2) is 22.6 Å². The zero-order valence-corrected chi connectivity index (χ0v) is 15.3. The number of nitrogens with zero attached hydrogens (tertiary/aromatic N) is 1. The van der Waals surface area contributed by atoms with Gasteiger partial charge in [0, 0.05) is 29.1 Å². The van der Waals surface area contributed by atoms with Crippen molar-refractivity contribution in [3.05, 3.63) is 34.5 Å². The topological polar surface area (TPSA) is 45.5 Å². The molecule has 3 heterocycles. The predicted molar refractivity (Wildman–Crippen MR) is 98.2 cm³/mol. The molecule has 0 saturated carbocycles. The summed E-state index contributed by atoms with van der Waals surface area (Å²) in [6.45, 7) is 5.76. The predicted octanol–water partition coefficient (Wildman–Crippen LogP) is 3.89. The molecule has 1 aromatic carbocycles. The Morgan fingerprint density at radius 1 is 1.25 bits per heavy atom. The van der Waals surface area contributed by atoms with Crippen LogP contribution in [0.4, 0.5) is 0 Å². The van der Waals surface area contributed by atoms with E-state index in [9.17, 15) is 4.79 Å². The number of nitrogens with one attached hydrogen (secondary N) is 1. The lowest BCUT2D eigenvalue weighted by molar-refractivity contribution is 0.0728. The Morgan fingerprint density at radius 3 is 2.58 bits per heavy atom. The van der Waals surface area contributed by atoms with E-state index in [4.69, 9.17) is 16.0 Å². The Balaban J connectivity index is 0.00000169. The van der Waals surface area contributed by atoms with Gasteiger partial charge in [0.2, 0.25) is 0 Å². The molecule has 2 aliphatic rings. The molecule has 0 unspecified atom stereocenters. The standard InChI is InChI=1S/C18H21ClN2O2.ClH/c1-11-15-8-14(19)2-3-16(15)23-17(11)18(22)21-6-4-12-9-20-10-13(12)5-7-21;/h2-3,8,12-13,20H,4-7,9-10H2,1H3;1H/t12-,13+;. The number of aryl methyl sites for hydroxylation is 1. The summed E-state index contributed by atoms with van der Waals surface area (Å²) >= 11 is 6.06. The number of furan rings is 1. The fourth-order valence-corrected chi connectivity index (χ4v) is 4.13. The van der Waals surface area contributed by atoms with Gasteiger partial charge < -0.3 is 14.6 Å². The number of carbonyl (C=O) groups excluding carboxylic acids is 1. The summed E-state index contributed by atoms with van der Waals surface area (Å²) in [4.78, 5) is 14.9. The number of halogens is 2. The molecule has 2 aromatic rings. The van der Waals surface area contributed by atoms with Gasteiger partial charge in [-0.2, -0.15) is 0 Å². The smallest absolute Gasteiger partial charge is 0.289 e. The minimum Gasteiger partial charge on any atom is -0.451 e. The fraction of sp³-hybridized carbons (Fsp3) is 0.500. The van der Waals surface area contributed by atoms with E-state index in [1.807, 2.05) is 24.0 Å². The number of fused-ring (bicyclic) bond motifs is 2. The molecule has 2 atom stereocenters. The van der Waals surface area contributed by atoms with E-state index < -0.39 is 0 Å². The Hall–Kier alpha value is -1.23. The highest BCUT2D eigenvalue weighted by Crippen LogP contribution is 2.31. The summed E-state index contributed by atoms with van der Waals surface area (Å²) in [5.41, 5.74) is 1.62. The lowest BCUT2D eigenvalue weighted by Crippen LogP contribution is -2.32. The summed E-state index contributed by atoms with van der Waals surface area (Å²) in [6, 6.07) is 5.49. The molecule has 1 N–H and O–H groups in total. The van der Waals surface area contributed by atoms with E-state index in [2.05, 4.69) is 5.32 Å². The van der Waals surface area contributed by atoms with Gasteiger partial charge in [-0.15, -0.1) is 12.4 Å². The number of benzene rings is 1. The first-order valence-electron chi connectivity index (χ1n) is 8.32. The van der Waals surface area contributed by atoms with Crippen molar-refractivity contribution in [1.29, 1.82) is 0 Å². The van der Waals surface area contributed by atoms with Gasteiger partial charge in [-0.3, -0.25) is 4.79 Å². The summed E-state index contributed by atoms with van der Waals surface area (Å²) in [7, 11) is 0. The van der Waals surface area contributed by atoms with E-state index in [0.717, 1.165) is 55.6 Å². The lowest BCUT2D eigenvalue weighted by atomic mass is 9.92. The third-order valence-corrected chi connectivity index (χ3v) is 5.63. The van der Waals surface area contributed by atoms with E-state index in [0.29, 0.717) is 22.6 Å². The Kier molecular flexibility index (Phi) is 5.09. The van der Waals surface area contributed by atoms with Gasteiger partial charge in [0.15, 0.2) is 5.76 Å². The van der Waals surface area contributed by atoms with Gasteiger partial charge in [-0.05, 0) is 62.9 Å². The zero-order chi connectivity index (χ0) is 16.0. The normalized spacial score (nSPS) is 23.7. The van der Waals surface area contributed by atoms with Gasteiger partial charge in [0.05, 0.1) is 0 Å². The van der Waals surface area contributed by atoms with Crippen LogP contribution in [0.3, 0.4) is 0 Å². The van der Waals surface area contributed by atoms with Crippen LogP contribution in [0.25, 0.3) is 11.0 Å². The molecule has 6 heteroatoms. The SMILES string of the molecule is Cc1c(C(=O)N2CC[C@@H]3CNC[C@@H]3CC2)oc2ccc(Cl)cc12.Cl. The summed E-state index contributed by atoms with van der Waals surface area (Å²) < 4.78 is 5.84. The molecular weight excluding hydrogens is 347 g/mol. The summed E-state index contributed by atoms with van der Waals surface area (Å²) in [5.74, 6) is 1.90. The second kappa shape index (κ2) is 6.95. The Morgan fingerprint density at radius 2 is 1.92 bits per heavy atom. The second-order valence-electron chi connectivity index (χ2n) is 6.74. The fourth-order valence-electron chi connectivity index (χ4n) is 3.96. The second-order valence-corrected chi connectivity index (χ2v) is 7.18. The molecule has 4 nitrogen and oxygen atoms in total. The number of amides is 1. The van der Waals surface area contributed by atoms with E-state index >= 15 is 0 Å². The van der Waals surface area contributed by atoms with E-state index in [1.165, 1.54) is 0 Å². The maximum atomic E-state index is 12.9. The van der Waals surface area contributed by atoms with Crippen LogP contribution in [0.1, 0.15) is 29.0 Å². The number of carbonyl (C=O) groups is 1. The van der Waals surface area contributed by atoms with Gasteiger partial charge in [-0.1, -0.05) is 11.6 Å². The first-order chi connectivity index (χ1) is 11.1. The quantitative estimate of drug-likeness (QED) is 0.830. The van der Waals surface area contributed by atoms with Crippen LogP contribution in [0.2, 0.25) is 5.02 Å². The van der Waals surface area contributed by atoms with Crippen molar-refractivity contribution in [2.45, 2.75) is 19.8 Å². The van der Waals surface area contributed by atoms with E-state index in [1.54, 1.807) is 6.07 Å². The van der Waals surface area contributed by atoms with Crippen LogP contribution in [-0.2, 0) is 0 Å². The van der Waals surface area contributed by atoms with Crippen LogP contribution in [0, 0.1) is 18.8 Å². The monoisotopic (exact) mass is 368 g/mol. The maximum absolute atomic E-state index is 12.9. The number of rotatable bonds is 1. The van der Waals surface area contributed by atoms with Crippen LogP contribution < -0.4 is 5.32 Å². The molecule has 1 aromatic heterocycles. The van der Waals surface area contributed by atoms with Gasteiger partial charge >= 0.3 is 0 Å². The van der Waals surface area contributed by atoms with Crippen LogP contribution in [0.5, 0.6) is 0 Å². The van der Waals surface area contributed by atoms with Crippen molar-refractivity contribution in [2.75, 3.05) is 26.2 Å². The Labute approximate surface area is 152 Å². The van der Waals surface area contributed by atoms with Crippen molar-refractivity contribution >= 4 is 40.9 Å². The number of hydrogen-bond acceptors (Lipinski definition) is 3. The first kappa shape index (κ1) is 17.6. The summed E-state index contributed by atoms with van der Waals surface area (Å²) in [5, 5.41) is 5.06. The Bertz CT molecular complexity index is 745. The van der Waals surface area contributed by atoms with Gasteiger partial charge in [-0.25, -0.2) is 0 Å². The van der Waals surface area contributed by atoms with Crippen molar-refractivity contribution < 1.29 is 9.21 Å². The number of hydrogen-bond donors (Lipinski definition) is 1. The molecule has 1 amide bonds. The molecule has 0 aliphatic carbocycles. The first-order valence-corrected chi connectivity index (χ1v) is 8.70. The molecule has 0 radical (unpaired) electrons. The van der Waals surface area contributed by atoms with Crippen molar-refractivity contribution in [1.82, 2.24) is 10.2 Å². The lowest BCUT2D eigenvalue weighted by Gasteiger charge is -2.20. The number of likely N-dealkylation sites (tertiary alicyclic amines) is 1. The minimum absolute atomic E-state index is 0. The van der Waals surface area contributed by atoms with Crippen molar-refractivity contribution in [2.24, 2.45) is 11.8 Å². The van der Waals surface area contributed by atoms with Crippen LogP contribution >= 0.6 is 24.0 Å².